The first-order chi connectivity index (χ1) is 8.63. The summed E-state index contributed by atoms with van der Waals surface area (Å²) < 4.78 is 86.6. The summed E-state index contributed by atoms with van der Waals surface area (Å²) in [5, 5.41) is 9.55. The average Bonchev–Trinajstić information content (AvgIpc) is 2.18. The Kier molecular flexibility index (Phi) is 6.20. The molecular weight excluding hydrogens is 315 g/mol. The van der Waals surface area contributed by atoms with Crippen LogP contribution in [0.15, 0.2) is 0 Å². The molecule has 2 nitrogen and oxygen atoms in total. The molecule has 0 bridgehead atoms. The molecule has 0 aliphatic heterocycles. The van der Waals surface area contributed by atoms with Gasteiger partial charge in [-0.1, -0.05) is 0 Å². The smallest absolute Gasteiger partial charge is 0.344 e. The normalized spacial score (nSPS) is 16.4. The summed E-state index contributed by atoms with van der Waals surface area (Å²) >= 11 is 0.642. The van der Waals surface area contributed by atoms with E-state index in [9.17, 15) is 35.8 Å². The molecule has 0 amide bonds. The molecule has 0 saturated carbocycles. The van der Waals surface area contributed by atoms with Crippen LogP contribution in [0.3, 0.4) is 0 Å². The number of aliphatic hydroxyl groups is 1. The largest absolute Gasteiger partial charge is 0.431 e. The lowest BCUT2D eigenvalue weighted by Crippen LogP contribution is -2.53. The van der Waals surface area contributed by atoms with Gasteiger partial charge in [0.1, 0.15) is 0 Å². The number of quaternary nitrogens is 1. The van der Waals surface area contributed by atoms with Gasteiger partial charge in [-0.3, -0.25) is 0 Å². The van der Waals surface area contributed by atoms with Crippen LogP contribution in [-0.2, 0) is 0 Å². The van der Waals surface area contributed by atoms with Gasteiger partial charge in [0.05, 0.1) is 26.9 Å². The van der Waals surface area contributed by atoms with Crippen molar-refractivity contribution in [3.8, 4) is 0 Å². The lowest BCUT2D eigenvalue weighted by atomic mass is 10.0. The van der Waals surface area contributed by atoms with Gasteiger partial charge in [-0.05, 0) is 5.75 Å². The molecule has 0 aromatic heterocycles. The van der Waals surface area contributed by atoms with E-state index >= 15 is 0 Å². The van der Waals surface area contributed by atoms with Crippen LogP contribution in [0, 0.1) is 0 Å². The maximum absolute atomic E-state index is 13.2. The van der Waals surface area contributed by atoms with Gasteiger partial charge >= 0.3 is 12.4 Å². The van der Waals surface area contributed by atoms with Crippen molar-refractivity contribution in [2.24, 2.45) is 0 Å². The summed E-state index contributed by atoms with van der Waals surface area (Å²) in [5.41, 5.74) is -5.21. The van der Waals surface area contributed by atoms with E-state index in [4.69, 9.17) is 0 Å². The fourth-order valence-electron chi connectivity index (χ4n) is 1.07. The molecule has 0 spiro atoms. The van der Waals surface area contributed by atoms with Crippen molar-refractivity contribution in [1.82, 2.24) is 0 Å². The minimum absolute atomic E-state index is 0.0757. The van der Waals surface area contributed by atoms with E-state index in [1.54, 1.807) is 21.1 Å². The summed E-state index contributed by atoms with van der Waals surface area (Å²) in [7, 11) is 4.82. The van der Waals surface area contributed by atoms with Gasteiger partial charge in [0.2, 0.25) is 0 Å². The Morgan fingerprint density at radius 1 is 0.950 bits per heavy atom. The van der Waals surface area contributed by atoms with Crippen LogP contribution in [0.2, 0.25) is 0 Å². The van der Waals surface area contributed by atoms with Crippen LogP contribution in [-0.4, -0.2) is 66.5 Å². The third-order valence-corrected chi connectivity index (χ3v) is 3.68. The molecule has 1 atom stereocenters. The number of hydrogen-bond acceptors (Lipinski definition) is 2. The van der Waals surface area contributed by atoms with Gasteiger partial charge in [-0.25, -0.2) is 4.39 Å². The summed E-state index contributed by atoms with van der Waals surface area (Å²) in [4.78, 5) is 0. The van der Waals surface area contributed by atoms with E-state index in [1.807, 2.05) is 0 Å². The number of aliphatic hydroxyl groups excluding tert-OH is 1. The van der Waals surface area contributed by atoms with Crippen LogP contribution in [0.1, 0.15) is 6.42 Å². The third kappa shape index (κ3) is 4.96. The minimum Gasteiger partial charge on any atom is -0.344 e. The Morgan fingerprint density at radius 2 is 1.35 bits per heavy atom. The molecule has 122 valence electrons. The summed E-state index contributed by atoms with van der Waals surface area (Å²) in [6.45, 7) is 0. The van der Waals surface area contributed by atoms with E-state index in [0.29, 0.717) is 11.8 Å². The fraction of sp³-hybridized carbons (Fsp3) is 1.00. The Hall–Kier alpha value is -0.220. The number of rotatable bonds is 6. The van der Waals surface area contributed by atoms with E-state index in [2.05, 4.69) is 0 Å². The van der Waals surface area contributed by atoms with Gasteiger partial charge in [0.15, 0.2) is 6.23 Å². The topological polar surface area (TPSA) is 20.2 Å². The van der Waals surface area contributed by atoms with Crippen molar-refractivity contribution >= 4 is 11.8 Å². The zero-order valence-corrected chi connectivity index (χ0v) is 12.0. The monoisotopic (exact) mass is 332 g/mol. The Morgan fingerprint density at radius 3 is 1.65 bits per heavy atom. The average molecular weight is 332 g/mol. The van der Waals surface area contributed by atoms with Gasteiger partial charge < -0.3 is 9.59 Å². The highest BCUT2D eigenvalue weighted by atomic mass is 32.2. The molecule has 0 aliphatic carbocycles. The number of halogens is 7. The molecule has 0 radical (unpaired) electrons. The molecular formula is C10H17F7NOS+. The standard InChI is InChI=1S/C10H17F7NOS/c1-18(2,3)7(19)6-20-5-4-8(11,9(12,13)14)10(15,16)17/h7,19H,4-6H2,1-3H3/q+1. The van der Waals surface area contributed by atoms with E-state index < -0.39 is 36.4 Å². The molecule has 1 N–H and O–H groups in total. The first-order valence-electron chi connectivity index (χ1n) is 5.52. The zero-order valence-electron chi connectivity index (χ0n) is 11.1. The number of hydrogen-bond donors (Lipinski definition) is 1. The quantitative estimate of drug-likeness (QED) is 0.349. The van der Waals surface area contributed by atoms with Crippen LogP contribution >= 0.6 is 11.8 Å². The van der Waals surface area contributed by atoms with Gasteiger partial charge in [-0.2, -0.15) is 38.1 Å². The molecule has 0 aromatic rings. The van der Waals surface area contributed by atoms with Crippen molar-refractivity contribution in [1.29, 1.82) is 0 Å². The molecule has 0 aliphatic rings. The van der Waals surface area contributed by atoms with Crippen LogP contribution < -0.4 is 0 Å². The van der Waals surface area contributed by atoms with Crippen molar-refractivity contribution < 1.29 is 40.3 Å². The van der Waals surface area contributed by atoms with Gasteiger partial charge in [0, 0.05) is 6.42 Å². The highest BCUT2D eigenvalue weighted by Crippen LogP contribution is 2.48. The van der Waals surface area contributed by atoms with E-state index in [0.717, 1.165) is 0 Å². The van der Waals surface area contributed by atoms with Crippen LogP contribution in [0.5, 0.6) is 0 Å². The maximum Gasteiger partial charge on any atom is 0.431 e. The van der Waals surface area contributed by atoms with Gasteiger partial charge in [-0.15, -0.1) is 0 Å². The molecule has 1 unspecified atom stereocenters. The molecule has 0 saturated heterocycles. The highest BCUT2D eigenvalue weighted by Gasteiger charge is 2.71. The fourth-order valence-corrected chi connectivity index (χ4v) is 2.32. The number of thioether (sulfide) groups is 1. The number of alkyl halides is 7. The molecule has 0 aromatic carbocycles. The van der Waals surface area contributed by atoms with Crippen LogP contribution in [0.25, 0.3) is 0 Å². The van der Waals surface area contributed by atoms with Crippen molar-refractivity contribution in [3.05, 3.63) is 0 Å². The first kappa shape index (κ1) is 19.8. The summed E-state index contributed by atoms with van der Waals surface area (Å²) in [6, 6.07) is 0. The maximum atomic E-state index is 13.2. The third-order valence-electron chi connectivity index (χ3n) is 2.65. The molecule has 0 fully saturated rings. The predicted octanol–water partition coefficient (Wildman–Crippen LogP) is 2.97. The van der Waals surface area contributed by atoms with Crippen molar-refractivity contribution in [2.75, 3.05) is 32.6 Å². The number of nitrogens with zero attached hydrogens (tertiary/aromatic N) is 1. The van der Waals surface area contributed by atoms with Crippen molar-refractivity contribution in [2.45, 2.75) is 30.7 Å². The first-order valence-corrected chi connectivity index (χ1v) is 6.67. The Bertz CT molecular complexity index is 296. The summed E-state index contributed by atoms with van der Waals surface area (Å²) in [6.07, 6.45) is -14.7. The zero-order chi connectivity index (χ0) is 16.4. The predicted molar refractivity (Wildman–Crippen MR) is 61.9 cm³/mol. The SMILES string of the molecule is C[N+](C)(C)C(O)CSCCC(F)(C(F)(F)F)C(F)(F)F. The molecule has 10 heteroatoms. The second kappa shape index (κ2) is 6.27. The van der Waals surface area contributed by atoms with Crippen molar-refractivity contribution in [3.63, 3.8) is 0 Å². The Balaban J connectivity index is 4.54. The van der Waals surface area contributed by atoms with Gasteiger partial charge in [0.25, 0.3) is 5.67 Å². The Labute approximate surface area is 116 Å². The minimum atomic E-state index is -6.01. The highest BCUT2D eigenvalue weighted by molar-refractivity contribution is 7.99. The molecule has 0 rings (SSSR count). The van der Waals surface area contributed by atoms with Crippen LogP contribution in [0.4, 0.5) is 30.7 Å². The second-order valence-electron chi connectivity index (χ2n) is 5.22. The summed E-state index contributed by atoms with van der Waals surface area (Å²) in [5.74, 6) is -0.790. The van der Waals surface area contributed by atoms with E-state index in [-0.39, 0.29) is 10.2 Å². The molecule has 20 heavy (non-hydrogen) atoms. The molecule has 0 heterocycles. The van der Waals surface area contributed by atoms with E-state index in [1.165, 1.54) is 0 Å². The lowest BCUT2D eigenvalue weighted by molar-refractivity contribution is -0.915. The lowest BCUT2D eigenvalue weighted by Gasteiger charge is -2.31. The second-order valence-corrected chi connectivity index (χ2v) is 6.37.